The molecular weight excluding hydrogens is 480 g/mol. The maximum atomic E-state index is 12.5. The van der Waals surface area contributed by atoms with Gasteiger partial charge in [0.25, 0.3) is 0 Å². The van der Waals surface area contributed by atoms with E-state index in [0.29, 0.717) is 31.2 Å². The van der Waals surface area contributed by atoms with Crippen LogP contribution in [0.15, 0.2) is 4.99 Å². The molecule has 2 rings (SSSR count). The summed E-state index contributed by atoms with van der Waals surface area (Å²) in [4.78, 5) is 5.64. The Morgan fingerprint density at radius 3 is 2.54 bits per heavy atom. The van der Waals surface area contributed by atoms with Gasteiger partial charge >= 0.3 is 6.18 Å². The number of hydrogen-bond donors (Lipinski definition) is 2. The third kappa shape index (κ3) is 7.87. The second-order valence-electron chi connectivity index (χ2n) is 6.85. The fraction of sp³-hybridized carbons (Fsp3) is 0.938. The first-order valence-corrected chi connectivity index (χ1v) is 10.3. The van der Waals surface area contributed by atoms with Gasteiger partial charge in [-0.1, -0.05) is 13.3 Å². The average Bonchev–Trinajstić information content (AvgIpc) is 2.98. The number of rotatable bonds is 5. The molecule has 154 valence electrons. The minimum Gasteiger partial charge on any atom is -0.354 e. The van der Waals surface area contributed by atoms with Crippen LogP contribution in [0.1, 0.15) is 39.0 Å². The summed E-state index contributed by atoms with van der Waals surface area (Å²) in [6, 6.07) is 0.186. The zero-order valence-electron chi connectivity index (χ0n) is 15.3. The van der Waals surface area contributed by atoms with Crippen molar-refractivity contribution in [1.82, 2.24) is 15.5 Å². The molecular formula is C16H30F3IN4OS. The molecule has 2 aliphatic rings. The van der Waals surface area contributed by atoms with Crippen LogP contribution >= 0.6 is 24.0 Å². The summed E-state index contributed by atoms with van der Waals surface area (Å²) in [5.41, 5.74) is 0. The second-order valence-corrected chi connectivity index (χ2v) is 8.86. The molecule has 1 aliphatic carbocycles. The topological polar surface area (TPSA) is 56.7 Å². The second kappa shape index (κ2) is 11.0. The van der Waals surface area contributed by atoms with E-state index in [1.165, 1.54) is 4.90 Å². The number of nitrogens with zero attached hydrogens (tertiary/aromatic N) is 2. The van der Waals surface area contributed by atoms with Crippen LogP contribution in [0.2, 0.25) is 0 Å². The summed E-state index contributed by atoms with van der Waals surface area (Å²) in [6.45, 7) is 1.90. The van der Waals surface area contributed by atoms with Crippen LogP contribution in [0.25, 0.3) is 0 Å². The van der Waals surface area contributed by atoms with E-state index < -0.39 is 23.5 Å². The summed E-state index contributed by atoms with van der Waals surface area (Å²) < 4.78 is 49.5. The highest BCUT2D eigenvalue weighted by Gasteiger charge is 2.34. The molecule has 4 unspecified atom stereocenters. The SMILES string of the molecule is CCS(=O)C1CCCC(NC(=NC)NC2CCN(CC(F)(F)F)C2)C1.I. The van der Waals surface area contributed by atoms with Gasteiger partial charge in [-0.25, -0.2) is 0 Å². The van der Waals surface area contributed by atoms with E-state index in [1.54, 1.807) is 7.05 Å². The van der Waals surface area contributed by atoms with Crippen molar-refractivity contribution >= 4 is 40.7 Å². The summed E-state index contributed by atoms with van der Waals surface area (Å²) in [5, 5.41) is 6.83. The van der Waals surface area contributed by atoms with Crippen LogP contribution in [-0.2, 0) is 10.8 Å². The molecule has 4 atom stereocenters. The highest BCUT2D eigenvalue weighted by atomic mass is 127. The smallest absolute Gasteiger partial charge is 0.354 e. The van der Waals surface area contributed by atoms with E-state index >= 15 is 0 Å². The molecule has 0 aromatic carbocycles. The zero-order chi connectivity index (χ0) is 18.4. The van der Waals surface area contributed by atoms with Crippen LogP contribution in [0.3, 0.4) is 0 Å². The molecule has 2 fully saturated rings. The number of likely N-dealkylation sites (tertiary alicyclic amines) is 1. The molecule has 26 heavy (non-hydrogen) atoms. The van der Waals surface area contributed by atoms with Crippen LogP contribution in [-0.4, -0.2) is 71.0 Å². The number of aliphatic imine (C=N–C) groups is 1. The van der Waals surface area contributed by atoms with Crippen molar-refractivity contribution < 1.29 is 17.4 Å². The molecule has 0 spiro atoms. The third-order valence-electron chi connectivity index (χ3n) is 4.86. The molecule has 2 N–H and O–H groups in total. The summed E-state index contributed by atoms with van der Waals surface area (Å²) in [6.07, 6.45) is 0.410. The van der Waals surface area contributed by atoms with E-state index in [1.807, 2.05) is 6.92 Å². The first-order valence-electron chi connectivity index (χ1n) is 8.96. The summed E-state index contributed by atoms with van der Waals surface area (Å²) in [7, 11) is 0.886. The number of alkyl halides is 3. The Bertz CT molecular complexity index is 493. The predicted molar refractivity (Wildman–Crippen MR) is 111 cm³/mol. The van der Waals surface area contributed by atoms with Gasteiger partial charge in [0.05, 0.1) is 6.54 Å². The third-order valence-corrected chi connectivity index (χ3v) is 6.60. The molecule has 10 heteroatoms. The zero-order valence-corrected chi connectivity index (χ0v) is 18.5. The Balaban J connectivity index is 0.00000338. The highest BCUT2D eigenvalue weighted by molar-refractivity contribution is 14.0. The lowest BCUT2D eigenvalue weighted by atomic mass is 9.95. The van der Waals surface area contributed by atoms with E-state index in [9.17, 15) is 17.4 Å². The van der Waals surface area contributed by atoms with Crippen LogP contribution in [0.4, 0.5) is 13.2 Å². The lowest BCUT2D eigenvalue weighted by Crippen LogP contribution is -2.50. The van der Waals surface area contributed by atoms with Gasteiger partial charge in [-0.3, -0.25) is 14.1 Å². The Morgan fingerprint density at radius 2 is 1.92 bits per heavy atom. The van der Waals surface area contributed by atoms with Crippen molar-refractivity contribution in [2.45, 2.75) is 62.5 Å². The van der Waals surface area contributed by atoms with Crippen molar-refractivity contribution in [3.8, 4) is 0 Å². The van der Waals surface area contributed by atoms with Crippen LogP contribution in [0.5, 0.6) is 0 Å². The summed E-state index contributed by atoms with van der Waals surface area (Å²) in [5.74, 6) is 1.31. The van der Waals surface area contributed by atoms with E-state index in [4.69, 9.17) is 0 Å². The lowest BCUT2D eigenvalue weighted by Gasteiger charge is -2.31. The maximum absolute atomic E-state index is 12.5. The Kier molecular flexibility index (Phi) is 10.2. The normalized spacial score (nSPS) is 29.1. The maximum Gasteiger partial charge on any atom is 0.401 e. The highest BCUT2D eigenvalue weighted by Crippen LogP contribution is 2.23. The Labute approximate surface area is 173 Å². The first-order chi connectivity index (χ1) is 11.8. The van der Waals surface area contributed by atoms with Gasteiger partial charge < -0.3 is 10.6 Å². The molecule has 0 radical (unpaired) electrons. The van der Waals surface area contributed by atoms with E-state index in [0.717, 1.165) is 25.7 Å². The molecule has 1 saturated carbocycles. The van der Waals surface area contributed by atoms with Crippen molar-refractivity contribution in [3.63, 3.8) is 0 Å². The molecule has 0 aromatic heterocycles. The molecule has 1 saturated heterocycles. The van der Waals surface area contributed by atoms with E-state index in [-0.39, 0.29) is 41.3 Å². The van der Waals surface area contributed by atoms with Gasteiger partial charge in [-0.05, 0) is 25.7 Å². The van der Waals surface area contributed by atoms with E-state index in [2.05, 4.69) is 15.6 Å². The molecule has 0 amide bonds. The number of nitrogens with one attached hydrogen (secondary N) is 2. The Hall–Kier alpha value is -0.100. The van der Waals surface area contributed by atoms with Gasteiger partial charge in [-0.15, -0.1) is 24.0 Å². The number of hydrogen-bond acceptors (Lipinski definition) is 3. The van der Waals surface area contributed by atoms with Gasteiger partial charge in [0.15, 0.2) is 5.96 Å². The largest absolute Gasteiger partial charge is 0.401 e. The molecule has 0 aromatic rings. The monoisotopic (exact) mass is 510 g/mol. The van der Waals surface area contributed by atoms with Crippen LogP contribution < -0.4 is 10.6 Å². The molecule has 1 heterocycles. The van der Waals surface area contributed by atoms with Crippen molar-refractivity contribution in [3.05, 3.63) is 0 Å². The standard InChI is InChI=1S/C16H29F3N4OS.HI/c1-3-25(24)14-6-4-5-12(9-14)21-15(20-2)22-13-7-8-23(10-13)11-16(17,18)19;/h12-14H,3-11H2,1-2H3,(H2,20,21,22);1H. The lowest BCUT2D eigenvalue weighted by molar-refractivity contribution is -0.143. The van der Waals surface area contributed by atoms with Gasteiger partial charge in [0, 0.05) is 54.0 Å². The minimum atomic E-state index is -4.15. The minimum absolute atomic E-state index is 0. The molecule has 5 nitrogen and oxygen atoms in total. The van der Waals surface area contributed by atoms with Crippen molar-refractivity contribution in [1.29, 1.82) is 0 Å². The number of halogens is 4. The molecule has 1 aliphatic heterocycles. The van der Waals surface area contributed by atoms with Gasteiger partial charge in [-0.2, -0.15) is 13.2 Å². The van der Waals surface area contributed by atoms with Crippen molar-refractivity contribution in [2.75, 3.05) is 32.4 Å². The van der Waals surface area contributed by atoms with Crippen LogP contribution in [0, 0.1) is 0 Å². The number of guanidine groups is 1. The van der Waals surface area contributed by atoms with Gasteiger partial charge in [0.2, 0.25) is 0 Å². The average molecular weight is 510 g/mol. The quantitative estimate of drug-likeness (QED) is 0.339. The van der Waals surface area contributed by atoms with Gasteiger partial charge in [0.1, 0.15) is 0 Å². The molecule has 0 bridgehead atoms. The summed E-state index contributed by atoms with van der Waals surface area (Å²) >= 11 is 0. The fourth-order valence-electron chi connectivity index (χ4n) is 3.66. The predicted octanol–water partition coefficient (Wildman–Crippen LogP) is 2.49. The Morgan fingerprint density at radius 1 is 1.23 bits per heavy atom. The first kappa shape index (κ1) is 23.9. The fourth-order valence-corrected chi connectivity index (χ4v) is 5.00. The van der Waals surface area contributed by atoms with Crippen molar-refractivity contribution in [2.24, 2.45) is 4.99 Å².